The SMILES string of the molecule is CCC1(C)NC(=O)N(CC(=O)NCC(C)(O)CSC)C1=O. The standard InChI is InChI=1S/C13H23N3O4S/c1-5-13(3)10(18)16(11(19)15-13)6-9(17)14-7-12(2,20)8-21-4/h20H,5-8H2,1-4H3,(H,14,17)(H,15,19). The number of hydrogen-bond donors (Lipinski definition) is 3. The highest BCUT2D eigenvalue weighted by Crippen LogP contribution is 2.20. The quantitative estimate of drug-likeness (QED) is 0.571. The predicted octanol–water partition coefficient (Wildman–Crippen LogP) is -0.0629. The number of carbonyl (C=O) groups is 3. The number of thioether (sulfide) groups is 1. The zero-order valence-electron chi connectivity index (χ0n) is 12.9. The van der Waals surface area contributed by atoms with Crippen LogP contribution in [0.1, 0.15) is 27.2 Å². The first-order valence-electron chi connectivity index (χ1n) is 6.77. The fourth-order valence-electron chi connectivity index (χ4n) is 1.98. The molecule has 0 spiro atoms. The van der Waals surface area contributed by atoms with Gasteiger partial charge in [0.25, 0.3) is 5.91 Å². The van der Waals surface area contributed by atoms with Crippen LogP contribution in [0.2, 0.25) is 0 Å². The summed E-state index contributed by atoms with van der Waals surface area (Å²) in [6.45, 7) is 4.78. The van der Waals surface area contributed by atoms with Gasteiger partial charge in [0.15, 0.2) is 0 Å². The van der Waals surface area contributed by atoms with Crippen LogP contribution in [-0.2, 0) is 9.59 Å². The van der Waals surface area contributed by atoms with Crippen molar-refractivity contribution < 1.29 is 19.5 Å². The van der Waals surface area contributed by atoms with Crippen LogP contribution in [-0.4, -0.2) is 64.1 Å². The molecule has 120 valence electrons. The lowest BCUT2D eigenvalue weighted by molar-refractivity contribution is -0.134. The zero-order valence-corrected chi connectivity index (χ0v) is 13.7. The second-order valence-electron chi connectivity index (χ2n) is 5.71. The average Bonchev–Trinajstić information content (AvgIpc) is 2.61. The number of rotatable bonds is 7. The van der Waals surface area contributed by atoms with E-state index in [9.17, 15) is 19.5 Å². The summed E-state index contributed by atoms with van der Waals surface area (Å²) in [6, 6.07) is -0.560. The third-order valence-corrected chi connectivity index (χ3v) is 4.39. The Bertz CT molecular complexity index is 441. The molecule has 0 aromatic rings. The number of imide groups is 1. The Hall–Kier alpha value is -1.28. The van der Waals surface area contributed by atoms with Crippen molar-refractivity contribution in [1.82, 2.24) is 15.5 Å². The van der Waals surface area contributed by atoms with Crippen molar-refractivity contribution in [2.45, 2.75) is 38.3 Å². The number of aliphatic hydroxyl groups is 1. The van der Waals surface area contributed by atoms with Gasteiger partial charge in [0.2, 0.25) is 5.91 Å². The molecule has 8 heteroatoms. The minimum atomic E-state index is -1.02. The van der Waals surface area contributed by atoms with E-state index in [1.807, 2.05) is 6.26 Å². The molecule has 1 aliphatic heterocycles. The fraction of sp³-hybridized carbons (Fsp3) is 0.769. The van der Waals surface area contributed by atoms with Gasteiger partial charge in [-0.25, -0.2) is 4.79 Å². The lowest BCUT2D eigenvalue weighted by Crippen LogP contribution is -2.47. The molecule has 1 saturated heterocycles. The van der Waals surface area contributed by atoms with Crippen LogP contribution < -0.4 is 10.6 Å². The van der Waals surface area contributed by atoms with Crippen LogP contribution in [0.4, 0.5) is 4.79 Å². The molecule has 0 aromatic heterocycles. The molecule has 0 bridgehead atoms. The molecule has 0 aliphatic carbocycles. The average molecular weight is 317 g/mol. The molecular formula is C13H23N3O4S. The third kappa shape index (κ3) is 4.34. The molecule has 7 nitrogen and oxygen atoms in total. The first kappa shape index (κ1) is 17.8. The Morgan fingerprint density at radius 3 is 2.62 bits per heavy atom. The highest BCUT2D eigenvalue weighted by Gasteiger charge is 2.46. The maximum absolute atomic E-state index is 12.1. The molecule has 1 aliphatic rings. The van der Waals surface area contributed by atoms with Crippen molar-refractivity contribution in [3.63, 3.8) is 0 Å². The van der Waals surface area contributed by atoms with Crippen LogP contribution >= 0.6 is 11.8 Å². The van der Waals surface area contributed by atoms with Crippen LogP contribution in [0.15, 0.2) is 0 Å². The summed E-state index contributed by atoms with van der Waals surface area (Å²) in [5.41, 5.74) is -1.97. The van der Waals surface area contributed by atoms with Gasteiger partial charge in [0.1, 0.15) is 12.1 Å². The second-order valence-corrected chi connectivity index (χ2v) is 6.58. The van der Waals surface area contributed by atoms with Crippen LogP contribution in [0.5, 0.6) is 0 Å². The molecule has 1 heterocycles. The summed E-state index contributed by atoms with van der Waals surface area (Å²) in [6.07, 6.45) is 2.31. The normalized spacial score (nSPS) is 24.7. The molecule has 0 saturated carbocycles. The minimum absolute atomic E-state index is 0.0708. The van der Waals surface area contributed by atoms with E-state index in [0.717, 1.165) is 4.90 Å². The van der Waals surface area contributed by atoms with Crippen molar-refractivity contribution in [2.24, 2.45) is 0 Å². The monoisotopic (exact) mass is 317 g/mol. The van der Waals surface area contributed by atoms with Crippen molar-refractivity contribution in [3.05, 3.63) is 0 Å². The summed E-state index contributed by atoms with van der Waals surface area (Å²) in [4.78, 5) is 36.6. The largest absolute Gasteiger partial charge is 0.387 e. The van der Waals surface area contributed by atoms with Gasteiger partial charge in [-0.3, -0.25) is 14.5 Å². The summed E-state index contributed by atoms with van der Waals surface area (Å²) >= 11 is 1.47. The summed E-state index contributed by atoms with van der Waals surface area (Å²) in [5, 5.41) is 15.1. The number of amides is 4. The predicted molar refractivity (Wildman–Crippen MR) is 81.0 cm³/mol. The summed E-state index contributed by atoms with van der Waals surface area (Å²) < 4.78 is 0. The van der Waals surface area contributed by atoms with E-state index in [0.29, 0.717) is 12.2 Å². The lowest BCUT2D eigenvalue weighted by Gasteiger charge is -2.23. The van der Waals surface area contributed by atoms with E-state index in [1.165, 1.54) is 11.8 Å². The smallest absolute Gasteiger partial charge is 0.325 e. The lowest BCUT2D eigenvalue weighted by atomic mass is 9.99. The molecular weight excluding hydrogens is 294 g/mol. The van der Waals surface area contributed by atoms with Crippen LogP contribution in [0, 0.1) is 0 Å². The van der Waals surface area contributed by atoms with Crippen molar-refractivity contribution in [1.29, 1.82) is 0 Å². The topological polar surface area (TPSA) is 98.7 Å². The number of carbonyl (C=O) groups excluding carboxylic acids is 3. The van der Waals surface area contributed by atoms with Crippen molar-refractivity contribution >= 4 is 29.6 Å². The Morgan fingerprint density at radius 1 is 1.52 bits per heavy atom. The van der Waals surface area contributed by atoms with E-state index in [4.69, 9.17) is 0 Å². The van der Waals surface area contributed by atoms with Gasteiger partial charge in [-0.2, -0.15) is 11.8 Å². The summed E-state index contributed by atoms with van der Waals surface area (Å²) in [5.74, 6) is -0.397. The van der Waals surface area contributed by atoms with Gasteiger partial charge in [0.05, 0.1) is 5.60 Å². The van der Waals surface area contributed by atoms with Gasteiger partial charge in [0, 0.05) is 12.3 Å². The van der Waals surface area contributed by atoms with E-state index >= 15 is 0 Å². The number of nitrogens with one attached hydrogen (secondary N) is 2. The Kier molecular flexibility index (Phi) is 5.63. The van der Waals surface area contributed by atoms with E-state index in [-0.39, 0.29) is 13.1 Å². The molecule has 1 rings (SSSR count). The van der Waals surface area contributed by atoms with Gasteiger partial charge in [-0.1, -0.05) is 6.92 Å². The van der Waals surface area contributed by atoms with Crippen molar-refractivity contribution in [2.75, 3.05) is 25.1 Å². The Balaban J connectivity index is 2.56. The van der Waals surface area contributed by atoms with Crippen LogP contribution in [0.25, 0.3) is 0 Å². The zero-order chi connectivity index (χ0) is 16.3. The van der Waals surface area contributed by atoms with E-state index in [2.05, 4.69) is 10.6 Å². The fourth-order valence-corrected chi connectivity index (χ4v) is 2.70. The van der Waals surface area contributed by atoms with Gasteiger partial charge < -0.3 is 15.7 Å². The third-order valence-electron chi connectivity index (χ3n) is 3.48. The maximum Gasteiger partial charge on any atom is 0.325 e. The highest BCUT2D eigenvalue weighted by molar-refractivity contribution is 7.98. The Morgan fingerprint density at radius 2 is 2.14 bits per heavy atom. The molecule has 2 atom stereocenters. The number of hydrogen-bond acceptors (Lipinski definition) is 5. The van der Waals surface area contributed by atoms with Gasteiger partial charge >= 0.3 is 6.03 Å². The molecule has 0 radical (unpaired) electrons. The van der Waals surface area contributed by atoms with E-state index in [1.54, 1.807) is 20.8 Å². The van der Waals surface area contributed by atoms with Crippen LogP contribution in [0.3, 0.4) is 0 Å². The number of nitrogens with zero attached hydrogens (tertiary/aromatic N) is 1. The minimum Gasteiger partial charge on any atom is -0.387 e. The first-order chi connectivity index (χ1) is 9.65. The van der Waals surface area contributed by atoms with Gasteiger partial charge in [-0.05, 0) is 26.5 Å². The molecule has 3 N–H and O–H groups in total. The molecule has 0 aromatic carbocycles. The van der Waals surface area contributed by atoms with E-state index < -0.39 is 29.0 Å². The molecule has 2 unspecified atom stereocenters. The molecule has 4 amide bonds. The second kappa shape index (κ2) is 6.65. The molecule has 1 fully saturated rings. The van der Waals surface area contributed by atoms with Crippen molar-refractivity contribution in [3.8, 4) is 0 Å². The summed E-state index contributed by atoms with van der Waals surface area (Å²) in [7, 11) is 0. The highest BCUT2D eigenvalue weighted by atomic mass is 32.2. The first-order valence-corrected chi connectivity index (χ1v) is 8.17. The van der Waals surface area contributed by atoms with Gasteiger partial charge in [-0.15, -0.1) is 0 Å². The Labute approximate surface area is 128 Å². The maximum atomic E-state index is 12.1. The molecule has 21 heavy (non-hydrogen) atoms. The number of urea groups is 1.